The summed E-state index contributed by atoms with van der Waals surface area (Å²) in [4.78, 5) is 23.6. The molecule has 0 fully saturated rings. The second-order valence-electron chi connectivity index (χ2n) is 4.86. The summed E-state index contributed by atoms with van der Waals surface area (Å²) in [6.07, 6.45) is 1.40. The predicted octanol–water partition coefficient (Wildman–Crippen LogP) is 4.33. The fourth-order valence-electron chi connectivity index (χ4n) is 1.93. The molecule has 0 aliphatic carbocycles. The summed E-state index contributed by atoms with van der Waals surface area (Å²) < 4.78 is 4.61. The zero-order chi connectivity index (χ0) is 18.4. The van der Waals surface area contributed by atoms with Gasteiger partial charge in [0.2, 0.25) is 0 Å². The lowest BCUT2D eigenvalue weighted by Crippen LogP contribution is -2.13. The highest BCUT2D eigenvalue weighted by Crippen LogP contribution is 2.25. The maximum atomic E-state index is 12.2. The fraction of sp³-hybridized carbons (Fsp3) is 0.0556. The Labute approximate surface area is 154 Å². The van der Waals surface area contributed by atoms with Crippen molar-refractivity contribution in [2.24, 2.45) is 0 Å². The minimum atomic E-state index is -0.608. The van der Waals surface area contributed by atoms with Crippen LogP contribution < -0.4 is 5.32 Å². The summed E-state index contributed by atoms with van der Waals surface area (Å²) in [7, 11) is 1.29. The van der Waals surface area contributed by atoms with Crippen molar-refractivity contribution in [3.63, 3.8) is 0 Å². The van der Waals surface area contributed by atoms with Crippen molar-refractivity contribution in [3.05, 3.63) is 69.2 Å². The minimum absolute atomic E-state index is 0.114. The van der Waals surface area contributed by atoms with Crippen LogP contribution in [0.25, 0.3) is 6.08 Å². The Morgan fingerprint density at radius 2 is 1.84 bits per heavy atom. The Balaban J connectivity index is 2.20. The summed E-state index contributed by atoms with van der Waals surface area (Å²) in [5, 5.41) is 12.5. The quantitative estimate of drug-likeness (QED) is 0.490. The van der Waals surface area contributed by atoms with Gasteiger partial charge in [0.1, 0.15) is 11.6 Å². The largest absolute Gasteiger partial charge is 0.465 e. The first kappa shape index (κ1) is 18.5. The average Bonchev–Trinajstić information content (AvgIpc) is 2.61. The second kappa shape index (κ2) is 8.34. The summed E-state index contributed by atoms with van der Waals surface area (Å²) in [6, 6.07) is 12.7. The molecule has 0 saturated heterocycles. The van der Waals surface area contributed by atoms with Gasteiger partial charge in [0.15, 0.2) is 0 Å². The van der Waals surface area contributed by atoms with Gasteiger partial charge in [-0.1, -0.05) is 35.3 Å². The molecule has 0 bridgehead atoms. The first-order valence-electron chi connectivity index (χ1n) is 7.01. The molecular formula is C18H12Cl2N2O3. The van der Waals surface area contributed by atoms with E-state index in [1.165, 1.54) is 19.3 Å². The van der Waals surface area contributed by atoms with Gasteiger partial charge in [0.05, 0.1) is 23.4 Å². The first-order chi connectivity index (χ1) is 11.9. The molecule has 0 aliphatic heterocycles. The number of nitriles is 1. The van der Waals surface area contributed by atoms with E-state index in [0.717, 1.165) is 0 Å². The van der Waals surface area contributed by atoms with E-state index >= 15 is 0 Å². The standard InChI is InChI=1S/C18H12Cl2N2O3/c1-25-18(24)12-4-2-11(3-5-12)8-13(10-21)17(23)22-16-7-6-14(19)9-15(16)20/h2-9H,1H3,(H,22,23). The zero-order valence-electron chi connectivity index (χ0n) is 13.0. The van der Waals surface area contributed by atoms with E-state index < -0.39 is 11.9 Å². The molecule has 2 aromatic rings. The lowest BCUT2D eigenvalue weighted by Gasteiger charge is -2.07. The maximum Gasteiger partial charge on any atom is 0.337 e. The van der Waals surface area contributed by atoms with E-state index in [2.05, 4.69) is 10.1 Å². The highest BCUT2D eigenvalue weighted by atomic mass is 35.5. The topological polar surface area (TPSA) is 79.2 Å². The monoisotopic (exact) mass is 374 g/mol. The number of benzene rings is 2. The van der Waals surface area contributed by atoms with Crippen LogP contribution >= 0.6 is 23.2 Å². The van der Waals surface area contributed by atoms with Gasteiger partial charge in [-0.2, -0.15) is 5.26 Å². The highest BCUT2D eigenvalue weighted by Gasteiger charge is 2.12. The van der Waals surface area contributed by atoms with Crippen LogP contribution in [0.3, 0.4) is 0 Å². The number of nitrogens with one attached hydrogen (secondary N) is 1. The van der Waals surface area contributed by atoms with Gasteiger partial charge in [0, 0.05) is 5.02 Å². The SMILES string of the molecule is COC(=O)c1ccc(C=C(C#N)C(=O)Nc2ccc(Cl)cc2Cl)cc1. The molecule has 0 aliphatic rings. The molecule has 25 heavy (non-hydrogen) atoms. The molecular weight excluding hydrogens is 363 g/mol. The normalized spacial score (nSPS) is 10.7. The molecule has 126 valence electrons. The molecule has 0 aromatic heterocycles. The molecule has 2 rings (SSSR count). The van der Waals surface area contributed by atoms with Gasteiger partial charge in [0.25, 0.3) is 5.91 Å². The number of carbonyl (C=O) groups excluding carboxylic acids is 2. The molecule has 7 heteroatoms. The molecule has 2 aromatic carbocycles. The van der Waals surface area contributed by atoms with E-state index in [4.69, 9.17) is 23.2 Å². The minimum Gasteiger partial charge on any atom is -0.465 e. The van der Waals surface area contributed by atoms with Crippen molar-refractivity contribution in [2.75, 3.05) is 12.4 Å². The van der Waals surface area contributed by atoms with E-state index in [1.807, 2.05) is 6.07 Å². The van der Waals surface area contributed by atoms with Crippen molar-refractivity contribution in [2.45, 2.75) is 0 Å². The number of ether oxygens (including phenoxy) is 1. The van der Waals surface area contributed by atoms with Gasteiger partial charge in [-0.15, -0.1) is 0 Å². The van der Waals surface area contributed by atoms with E-state index in [1.54, 1.807) is 36.4 Å². The Hall–Kier alpha value is -2.81. The van der Waals surface area contributed by atoms with Gasteiger partial charge in [-0.05, 0) is 42.0 Å². The summed E-state index contributed by atoms with van der Waals surface area (Å²) in [6.45, 7) is 0. The zero-order valence-corrected chi connectivity index (χ0v) is 14.6. The van der Waals surface area contributed by atoms with Crippen LogP contribution in [0.4, 0.5) is 5.69 Å². The predicted molar refractivity (Wildman–Crippen MR) is 96.5 cm³/mol. The fourth-order valence-corrected chi connectivity index (χ4v) is 2.38. The van der Waals surface area contributed by atoms with Crippen molar-refractivity contribution in [3.8, 4) is 6.07 Å². The van der Waals surface area contributed by atoms with Crippen molar-refractivity contribution in [1.29, 1.82) is 5.26 Å². The number of anilines is 1. The summed E-state index contributed by atoms with van der Waals surface area (Å²) in [5.74, 6) is -1.07. The van der Waals surface area contributed by atoms with Crippen molar-refractivity contribution >= 4 is 46.8 Å². The Morgan fingerprint density at radius 3 is 2.40 bits per heavy atom. The lowest BCUT2D eigenvalue weighted by atomic mass is 10.1. The number of carbonyl (C=O) groups is 2. The Morgan fingerprint density at radius 1 is 1.16 bits per heavy atom. The summed E-state index contributed by atoms with van der Waals surface area (Å²) >= 11 is 11.8. The third kappa shape index (κ3) is 4.83. The van der Waals surface area contributed by atoms with Crippen LogP contribution in [-0.4, -0.2) is 19.0 Å². The van der Waals surface area contributed by atoms with E-state index in [9.17, 15) is 14.9 Å². The Kier molecular flexibility index (Phi) is 6.18. The molecule has 0 radical (unpaired) electrons. The number of halogens is 2. The molecule has 0 unspecified atom stereocenters. The third-order valence-electron chi connectivity index (χ3n) is 3.19. The molecule has 1 N–H and O–H groups in total. The Bertz CT molecular complexity index is 884. The maximum absolute atomic E-state index is 12.2. The van der Waals surface area contributed by atoms with Crippen molar-refractivity contribution < 1.29 is 14.3 Å². The van der Waals surface area contributed by atoms with Crippen LogP contribution in [0.2, 0.25) is 10.0 Å². The smallest absolute Gasteiger partial charge is 0.337 e. The molecule has 1 amide bonds. The molecule has 0 heterocycles. The summed E-state index contributed by atoms with van der Waals surface area (Å²) in [5.41, 5.74) is 1.19. The van der Waals surface area contributed by atoms with E-state index in [0.29, 0.717) is 21.8 Å². The van der Waals surface area contributed by atoms with Crippen LogP contribution in [0.5, 0.6) is 0 Å². The molecule has 0 spiro atoms. The van der Waals surface area contributed by atoms with Gasteiger partial charge in [-0.25, -0.2) is 4.79 Å². The molecule has 0 saturated carbocycles. The second-order valence-corrected chi connectivity index (χ2v) is 5.71. The van der Waals surface area contributed by atoms with Crippen LogP contribution in [0, 0.1) is 11.3 Å². The van der Waals surface area contributed by atoms with Gasteiger partial charge >= 0.3 is 5.97 Å². The number of esters is 1. The van der Waals surface area contributed by atoms with Crippen LogP contribution in [-0.2, 0) is 9.53 Å². The van der Waals surface area contributed by atoms with Gasteiger partial charge < -0.3 is 10.1 Å². The van der Waals surface area contributed by atoms with Crippen LogP contribution in [0.15, 0.2) is 48.0 Å². The first-order valence-corrected chi connectivity index (χ1v) is 7.76. The average molecular weight is 375 g/mol. The number of rotatable bonds is 4. The number of hydrogen-bond donors (Lipinski definition) is 1. The number of nitrogens with zero attached hydrogens (tertiary/aromatic N) is 1. The van der Waals surface area contributed by atoms with Crippen LogP contribution in [0.1, 0.15) is 15.9 Å². The van der Waals surface area contributed by atoms with Gasteiger partial charge in [-0.3, -0.25) is 4.79 Å². The number of amides is 1. The number of hydrogen-bond acceptors (Lipinski definition) is 4. The third-order valence-corrected chi connectivity index (χ3v) is 3.74. The van der Waals surface area contributed by atoms with E-state index in [-0.39, 0.29) is 10.6 Å². The number of methoxy groups -OCH3 is 1. The highest BCUT2D eigenvalue weighted by molar-refractivity contribution is 6.36. The molecule has 0 atom stereocenters. The van der Waals surface area contributed by atoms with Crippen molar-refractivity contribution in [1.82, 2.24) is 0 Å². The lowest BCUT2D eigenvalue weighted by molar-refractivity contribution is -0.112. The molecule has 5 nitrogen and oxygen atoms in total.